The molecule has 0 spiro atoms. The van der Waals surface area contributed by atoms with Crippen molar-refractivity contribution in [3.05, 3.63) is 30.2 Å². The maximum atomic E-state index is 12.5. The van der Waals surface area contributed by atoms with Crippen molar-refractivity contribution in [2.75, 3.05) is 13.1 Å². The minimum Gasteiger partial charge on any atom is -0.441 e. The highest BCUT2D eigenvalue weighted by Crippen LogP contribution is 2.36. The van der Waals surface area contributed by atoms with Gasteiger partial charge < -0.3 is 9.32 Å². The standard InChI is InChI=1S/C20H26N2O2/c23-20(22-13-12-15-6-1-2-7-16(15)14-22)11-5-10-19-21-17-8-3-4-9-18(17)24-19/h3-4,8-9,15-16H,1-2,5-7,10-14H2. The van der Waals surface area contributed by atoms with Crippen LogP contribution >= 0.6 is 0 Å². The van der Waals surface area contributed by atoms with Crippen LogP contribution in [0.2, 0.25) is 0 Å². The van der Waals surface area contributed by atoms with E-state index in [2.05, 4.69) is 9.88 Å². The van der Waals surface area contributed by atoms with Gasteiger partial charge in [-0.25, -0.2) is 4.98 Å². The van der Waals surface area contributed by atoms with E-state index in [0.29, 0.717) is 12.3 Å². The smallest absolute Gasteiger partial charge is 0.222 e. The molecule has 1 aromatic heterocycles. The monoisotopic (exact) mass is 326 g/mol. The van der Waals surface area contributed by atoms with Gasteiger partial charge in [-0.2, -0.15) is 0 Å². The number of aromatic nitrogens is 1. The van der Waals surface area contributed by atoms with Crippen molar-refractivity contribution in [2.45, 2.75) is 51.4 Å². The Morgan fingerprint density at radius 1 is 1.17 bits per heavy atom. The Morgan fingerprint density at radius 2 is 2.00 bits per heavy atom. The number of hydrogen-bond acceptors (Lipinski definition) is 3. The number of benzene rings is 1. The van der Waals surface area contributed by atoms with E-state index in [9.17, 15) is 4.79 Å². The molecule has 1 saturated heterocycles. The molecule has 1 aliphatic heterocycles. The predicted molar refractivity (Wildman–Crippen MR) is 93.6 cm³/mol. The molecule has 4 nitrogen and oxygen atoms in total. The number of nitrogens with zero attached hydrogens (tertiary/aromatic N) is 2. The van der Waals surface area contributed by atoms with Crippen LogP contribution in [0.25, 0.3) is 11.1 Å². The van der Waals surface area contributed by atoms with Gasteiger partial charge in [0.2, 0.25) is 5.91 Å². The van der Waals surface area contributed by atoms with Crippen LogP contribution in [-0.2, 0) is 11.2 Å². The number of hydrogen-bond donors (Lipinski definition) is 0. The van der Waals surface area contributed by atoms with Gasteiger partial charge >= 0.3 is 0 Å². The summed E-state index contributed by atoms with van der Waals surface area (Å²) in [5, 5.41) is 0. The molecule has 2 aromatic rings. The van der Waals surface area contributed by atoms with Gasteiger partial charge in [-0.1, -0.05) is 31.4 Å². The summed E-state index contributed by atoms with van der Waals surface area (Å²) in [6, 6.07) is 7.82. The second kappa shape index (κ2) is 6.96. The van der Waals surface area contributed by atoms with Crippen LogP contribution in [0.4, 0.5) is 0 Å². The molecule has 2 unspecified atom stereocenters. The fraction of sp³-hybridized carbons (Fsp3) is 0.600. The molecular weight excluding hydrogens is 300 g/mol. The Bertz CT molecular complexity index is 675. The molecule has 0 radical (unpaired) electrons. The highest BCUT2D eigenvalue weighted by molar-refractivity contribution is 5.76. The maximum absolute atomic E-state index is 12.5. The molecule has 1 aliphatic carbocycles. The van der Waals surface area contributed by atoms with Crippen LogP contribution in [-0.4, -0.2) is 28.9 Å². The normalized spacial score (nSPS) is 24.1. The molecule has 24 heavy (non-hydrogen) atoms. The van der Waals surface area contributed by atoms with E-state index in [1.165, 1.54) is 32.1 Å². The first-order chi connectivity index (χ1) is 11.8. The molecule has 4 heteroatoms. The van der Waals surface area contributed by atoms with E-state index in [1.807, 2.05) is 24.3 Å². The predicted octanol–water partition coefficient (Wildman–Crippen LogP) is 4.19. The lowest BCUT2D eigenvalue weighted by molar-refractivity contribution is -0.134. The number of fused-ring (bicyclic) bond motifs is 2. The highest BCUT2D eigenvalue weighted by Gasteiger charge is 2.32. The molecule has 0 N–H and O–H groups in total. The molecule has 1 saturated carbocycles. The zero-order valence-corrected chi connectivity index (χ0v) is 14.2. The van der Waals surface area contributed by atoms with Crippen LogP contribution in [0.3, 0.4) is 0 Å². The first-order valence-corrected chi connectivity index (χ1v) is 9.42. The first kappa shape index (κ1) is 15.7. The Balaban J connectivity index is 1.27. The van der Waals surface area contributed by atoms with Crippen molar-refractivity contribution in [3.8, 4) is 0 Å². The molecule has 1 amide bonds. The number of likely N-dealkylation sites (tertiary alicyclic amines) is 1. The Labute approximate surface area is 143 Å². The third kappa shape index (κ3) is 3.33. The summed E-state index contributed by atoms with van der Waals surface area (Å²) in [6.07, 6.45) is 8.80. The summed E-state index contributed by atoms with van der Waals surface area (Å²) in [4.78, 5) is 19.1. The van der Waals surface area contributed by atoms with Crippen molar-refractivity contribution in [3.63, 3.8) is 0 Å². The third-order valence-corrected chi connectivity index (χ3v) is 5.76. The van der Waals surface area contributed by atoms with Gasteiger partial charge in [0.05, 0.1) is 0 Å². The van der Waals surface area contributed by atoms with E-state index in [4.69, 9.17) is 4.42 Å². The molecule has 1 aromatic carbocycles. The zero-order valence-electron chi connectivity index (χ0n) is 14.2. The minimum absolute atomic E-state index is 0.315. The first-order valence-electron chi connectivity index (χ1n) is 9.42. The molecule has 128 valence electrons. The second-order valence-electron chi connectivity index (χ2n) is 7.36. The lowest BCUT2D eigenvalue weighted by atomic mass is 9.75. The van der Waals surface area contributed by atoms with E-state index in [-0.39, 0.29) is 0 Å². The molecule has 4 rings (SSSR count). The summed E-state index contributed by atoms with van der Waals surface area (Å²) in [6.45, 7) is 1.95. The average Bonchev–Trinajstić information content (AvgIpc) is 3.04. The van der Waals surface area contributed by atoms with Gasteiger partial charge in [0.15, 0.2) is 11.5 Å². The number of oxazole rings is 1. The number of carbonyl (C=O) groups is 1. The number of aryl methyl sites for hydroxylation is 1. The molecule has 2 atom stereocenters. The van der Waals surface area contributed by atoms with Gasteiger partial charge in [-0.3, -0.25) is 4.79 Å². The van der Waals surface area contributed by atoms with Crippen molar-refractivity contribution < 1.29 is 9.21 Å². The highest BCUT2D eigenvalue weighted by atomic mass is 16.3. The van der Waals surface area contributed by atoms with E-state index >= 15 is 0 Å². The SMILES string of the molecule is O=C(CCCc1nc2ccccc2o1)N1CCC2CCCCC2C1. The Morgan fingerprint density at radius 3 is 2.88 bits per heavy atom. The van der Waals surface area contributed by atoms with Gasteiger partial charge in [0.25, 0.3) is 0 Å². The van der Waals surface area contributed by atoms with Crippen LogP contribution in [0.1, 0.15) is 50.8 Å². The zero-order chi connectivity index (χ0) is 16.4. The summed E-state index contributed by atoms with van der Waals surface area (Å²) >= 11 is 0. The van der Waals surface area contributed by atoms with Crippen molar-refractivity contribution in [1.82, 2.24) is 9.88 Å². The van der Waals surface area contributed by atoms with Crippen LogP contribution in [0.5, 0.6) is 0 Å². The summed E-state index contributed by atoms with van der Waals surface area (Å²) in [5.74, 6) is 2.70. The topological polar surface area (TPSA) is 46.3 Å². The number of carbonyl (C=O) groups excluding carboxylic acids is 1. The fourth-order valence-electron chi connectivity index (χ4n) is 4.40. The number of piperidine rings is 1. The third-order valence-electron chi connectivity index (χ3n) is 5.76. The van der Waals surface area contributed by atoms with Crippen molar-refractivity contribution in [1.29, 1.82) is 0 Å². The Kier molecular flexibility index (Phi) is 4.54. The summed E-state index contributed by atoms with van der Waals surface area (Å²) < 4.78 is 5.73. The van der Waals surface area contributed by atoms with Crippen LogP contribution < -0.4 is 0 Å². The minimum atomic E-state index is 0.315. The number of amides is 1. The molecule has 2 fully saturated rings. The second-order valence-corrected chi connectivity index (χ2v) is 7.36. The van der Waals surface area contributed by atoms with Crippen molar-refractivity contribution in [2.24, 2.45) is 11.8 Å². The average molecular weight is 326 g/mol. The Hall–Kier alpha value is -1.84. The summed E-state index contributed by atoms with van der Waals surface area (Å²) in [7, 11) is 0. The lowest BCUT2D eigenvalue weighted by Gasteiger charge is -2.41. The van der Waals surface area contributed by atoms with Crippen LogP contribution in [0.15, 0.2) is 28.7 Å². The maximum Gasteiger partial charge on any atom is 0.222 e. The van der Waals surface area contributed by atoms with E-state index < -0.39 is 0 Å². The van der Waals surface area contributed by atoms with Crippen LogP contribution in [0, 0.1) is 11.8 Å². The van der Waals surface area contributed by atoms with Crippen molar-refractivity contribution >= 4 is 17.0 Å². The molecule has 2 heterocycles. The number of rotatable bonds is 4. The largest absolute Gasteiger partial charge is 0.441 e. The van der Waals surface area contributed by atoms with E-state index in [1.54, 1.807) is 0 Å². The summed E-state index contributed by atoms with van der Waals surface area (Å²) in [5.41, 5.74) is 1.73. The molecule has 0 bridgehead atoms. The van der Waals surface area contributed by atoms with Gasteiger partial charge in [-0.15, -0.1) is 0 Å². The molecular formula is C20H26N2O2. The quantitative estimate of drug-likeness (QED) is 0.846. The number of para-hydroxylation sites is 2. The lowest BCUT2D eigenvalue weighted by Crippen LogP contribution is -2.44. The fourth-order valence-corrected chi connectivity index (χ4v) is 4.40. The molecule has 2 aliphatic rings. The van der Waals surface area contributed by atoms with E-state index in [0.717, 1.165) is 54.8 Å². The van der Waals surface area contributed by atoms with Gasteiger partial charge in [0, 0.05) is 25.9 Å². The van der Waals surface area contributed by atoms with Gasteiger partial charge in [0.1, 0.15) is 5.52 Å². The van der Waals surface area contributed by atoms with Gasteiger partial charge in [-0.05, 0) is 43.2 Å².